The molecule has 1 aliphatic rings. The smallest absolute Gasteiger partial charge is 0.128 e. The largest absolute Gasteiger partial charge is 0.354 e. The first-order valence-electron chi connectivity index (χ1n) is 5.03. The van der Waals surface area contributed by atoms with Crippen molar-refractivity contribution in [3.05, 3.63) is 24.6 Å². The highest BCUT2D eigenvalue weighted by Gasteiger charge is 2.14. The summed E-state index contributed by atoms with van der Waals surface area (Å²) in [6, 6.07) is 0. The Morgan fingerprint density at radius 3 is 2.43 bits per heavy atom. The van der Waals surface area contributed by atoms with E-state index in [1.165, 1.54) is 0 Å². The monoisotopic (exact) mass is 193 g/mol. The first-order chi connectivity index (χ1) is 6.77. The summed E-state index contributed by atoms with van der Waals surface area (Å²) >= 11 is 0. The van der Waals surface area contributed by atoms with Gasteiger partial charge in [-0.3, -0.25) is 0 Å². The molecule has 78 valence electrons. The fraction of sp³-hybridized carbons (Fsp3) is 0.545. The zero-order valence-corrected chi connectivity index (χ0v) is 9.11. The van der Waals surface area contributed by atoms with E-state index in [2.05, 4.69) is 28.4 Å². The van der Waals surface area contributed by atoms with Crippen LogP contribution in [0.2, 0.25) is 0 Å². The number of nitrogens with zero attached hydrogens (tertiary/aromatic N) is 3. The predicted molar refractivity (Wildman–Crippen MR) is 61.5 cm³/mol. The molecule has 1 aliphatic heterocycles. The lowest BCUT2D eigenvalue weighted by atomic mass is 10.3. The lowest BCUT2D eigenvalue weighted by molar-refractivity contribution is 0.185. The quantitative estimate of drug-likeness (QED) is 0.498. The molecule has 0 unspecified atom stereocenters. The van der Waals surface area contributed by atoms with Gasteiger partial charge in [0.25, 0.3) is 0 Å². The van der Waals surface area contributed by atoms with E-state index >= 15 is 0 Å². The van der Waals surface area contributed by atoms with Crippen LogP contribution in [0.25, 0.3) is 0 Å². The summed E-state index contributed by atoms with van der Waals surface area (Å²) in [5, 5.41) is 0. The minimum Gasteiger partial charge on any atom is -0.354 e. The standard InChI is InChI=1S/C11H19N3/c1-4-6-11(12-5-2)14-9-7-13(3)8-10-14/h4-6H,1,7-10H2,2-3H3/b11-6+,12-5?. The van der Waals surface area contributed by atoms with Crippen LogP contribution in [0.1, 0.15) is 6.92 Å². The highest BCUT2D eigenvalue weighted by molar-refractivity contribution is 5.55. The van der Waals surface area contributed by atoms with Crippen molar-refractivity contribution in [2.45, 2.75) is 6.92 Å². The zero-order chi connectivity index (χ0) is 10.4. The highest BCUT2D eigenvalue weighted by Crippen LogP contribution is 2.09. The Bertz CT molecular complexity index is 235. The van der Waals surface area contributed by atoms with Crippen molar-refractivity contribution in [1.29, 1.82) is 0 Å². The Morgan fingerprint density at radius 1 is 1.29 bits per heavy atom. The van der Waals surface area contributed by atoms with Gasteiger partial charge in [-0.1, -0.05) is 12.7 Å². The Hall–Kier alpha value is -1.09. The van der Waals surface area contributed by atoms with Gasteiger partial charge in [-0.15, -0.1) is 0 Å². The van der Waals surface area contributed by atoms with E-state index in [1.807, 2.05) is 19.2 Å². The summed E-state index contributed by atoms with van der Waals surface area (Å²) < 4.78 is 0. The molecular formula is C11H19N3. The molecule has 1 heterocycles. The Kier molecular flexibility index (Phi) is 4.40. The molecule has 0 aromatic heterocycles. The highest BCUT2D eigenvalue weighted by atomic mass is 15.3. The number of hydrogen-bond acceptors (Lipinski definition) is 3. The van der Waals surface area contributed by atoms with Gasteiger partial charge in [0.15, 0.2) is 0 Å². The summed E-state index contributed by atoms with van der Waals surface area (Å²) in [6.07, 6.45) is 5.58. The zero-order valence-electron chi connectivity index (χ0n) is 9.11. The van der Waals surface area contributed by atoms with Crippen molar-refractivity contribution >= 4 is 6.21 Å². The maximum Gasteiger partial charge on any atom is 0.128 e. The van der Waals surface area contributed by atoms with Crippen molar-refractivity contribution in [1.82, 2.24) is 9.80 Å². The van der Waals surface area contributed by atoms with Gasteiger partial charge in [0.1, 0.15) is 5.82 Å². The Labute approximate surface area is 86.4 Å². The van der Waals surface area contributed by atoms with E-state index in [0.717, 1.165) is 32.0 Å². The van der Waals surface area contributed by atoms with Gasteiger partial charge in [0.2, 0.25) is 0 Å². The minimum atomic E-state index is 1.02. The predicted octanol–water partition coefficient (Wildman–Crippen LogP) is 1.35. The summed E-state index contributed by atoms with van der Waals surface area (Å²) in [7, 11) is 2.15. The second-order valence-corrected chi connectivity index (χ2v) is 3.44. The molecular weight excluding hydrogens is 174 g/mol. The van der Waals surface area contributed by atoms with Gasteiger partial charge in [-0.25, -0.2) is 4.99 Å². The molecule has 14 heavy (non-hydrogen) atoms. The number of allylic oxidation sites excluding steroid dienone is 2. The molecule has 0 aromatic rings. The topological polar surface area (TPSA) is 18.8 Å². The molecule has 0 radical (unpaired) electrons. The second-order valence-electron chi connectivity index (χ2n) is 3.44. The SMILES string of the molecule is C=C/C=C(\N=CC)N1CCN(C)CC1. The fourth-order valence-corrected chi connectivity index (χ4v) is 1.50. The third-order valence-corrected chi connectivity index (χ3v) is 2.36. The lowest BCUT2D eigenvalue weighted by Crippen LogP contribution is -2.43. The third kappa shape index (κ3) is 3.00. The number of aliphatic imine (C=N–C) groups is 1. The van der Waals surface area contributed by atoms with Crippen LogP contribution < -0.4 is 0 Å². The number of piperazine rings is 1. The lowest BCUT2D eigenvalue weighted by Gasteiger charge is -2.33. The van der Waals surface area contributed by atoms with Gasteiger partial charge in [-0.05, 0) is 20.0 Å². The van der Waals surface area contributed by atoms with Crippen LogP contribution in [-0.4, -0.2) is 49.2 Å². The first kappa shape index (κ1) is 11.0. The molecule has 0 bridgehead atoms. The molecule has 1 fully saturated rings. The molecule has 0 saturated carbocycles. The van der Waals surface area contributed by atoms with Gasteiger partial charge in [0.05, 0.1) is 0 Å². The summed E-state index contributed by atoms with van der Waals surface area (Å²) in [6.45, 7) is 9.95. The van der Waals surface area contributed by atoms with Crippen LogP contribution in [0.15, 0.2) is 29.5 Å². The minimum absolute atomic E-state index is 1.02. The normalized spacial score (nSPS) is 20.4. The molecule has 3 heteroatoms. The van der Waals surface area contributed by atoms with E-state index in [1.54, 1.807) is 6.08 Å². The summed E-state index contributed by atoms with van der Waals surface area (Å²) in [5.74, 6) is 1.02. The van der Waals surface area contributed by atoms with Crippen LogP contribution in [-0.2, 0) is 0 Å². The van der Waals surface area contributed by atoms with Crippen molar-refractivity contribution in [2.75, 3.05) is 33.2 Å². The van der Waals surface area contributed by atoms with Gasteiger partial charge in [-0.2, -0.15) is 0 Å². The number of rotatable bonds is 3. The van der Waals surface area contributed by atoms with Crippen molar-refractivity contribution < 1.29 is 0 Å². The summed E-state index contributed by atoms with van der Waals surface area (Å²) in [5.41, 5.74) is 0. The van der Waals surface area contributed by atoms with E-state index in [0.29, 0.717) is 0 Å². The van der Waals surface area contributed by atoms with Crippen molar-refractivity contribution in [3.63, 3.8) is 0 Å². The molecule has 1 saturated heterocycles. The third-order valence-electron chi connectivity index (χ3n) is 2.36. The number of likely N-dealkylation sites (N-methyl/N-ethyl adjacent to an activating group) is 1. The molecule has 0 N–H and O–H groups in total. The Morgan fingerprint density at radius 2 is 1.93 bits per heavy atom. The van der Waals surface area contributed by atoms with E-state index < -0.39 is 0 Å². The van der Waals surface area contributed by atoms with Gasteiger partial charge >= 0.3 is 0 Å². The molecule has 0 amide bonds. The summed E-state index contributed by atoms with van der Waals surface area (Å²) in [4.78, 5) is 8.96. The average Bonchev–Trinajstić information content (AvgIpc) is 2.19. The average molecular weight is 193 g/mol. The van der Waals surface area contributed by atoms with Crippen molar-refractivity contribution in [3.8, 4) is 0 Å². The van der Waals surface area contributed by atoms with Gasteiger partial charge < -0.3 is 9.80 Å². The fourth-order valence-electron chi connectivity index (χ4n) is 1.50. The van der Waals surface area contributed by atoms with E-state index in [-0.39, 0.29) is 0 Å². The van der Waals surface area contributed by atoms with Gasteiger partial charge in [0, 0.05) is 32.4 Å². The molecule has 0 aromatic carbocycles. The Balaban J connectivity index is 2.61. The number of hydrogen-bond donors (Lipinski definition) is 0. The van der Waals surface area contributed by atoms with E-state index in [4.69, 9.17) is 0 Å². The molecule has 0 aliphatic carbocycles. The molecule has 0 spiro atoms. The molecule has 0 atom stereocenters. The molecule has 1 rings (SSSR count). The first-order valence-corrected chi connectivity index (χ1v) is 5.03. The maximum atomic E-state index is 4.33. The molecule has 3 nitrogen and oxygen atoms in total. The maximum absolute atomic E-state index is 4.33. The van der Waals surface area contributed by atoms with E-state index in [9.17, 15) is 0 Å². The van der Waals surface area contributed by atoms with Crippen LogP contribution in [0.3, 0.4) is 0 Å². The second kappa shape index (κ2) is 5.60. The van der Waals surface area contributed by atoms with Crippen LogP contribution in [0, 0.1) is 0 Å². The van der Waals surface area contributed by atoms with Crippen LogP contribution >= 0.6 is 0 Å². The van der Waals surface area contributed by atoms with Crippen LogP contribution in [0.4, 0.5) is 0 Å². The van der Waals surface area contributed by atoms with Crippen LogP contribution in [0.5, 0.6) is 0 Å². The van der Waals surface area contributed by atoms with Crippen molar-refractivity contribution in [2.24, 2.45) is 4.99 Å².